The number of hydrogen-bond acceptors (Lipinski definition) is 4. The molecule has 0 saturated carbocycles. The van der Waals surface area contributed by atoms with Gasteiger partial charge in [0, 0.05) is 56.2 Å². The molecule has 1 aromatic heterocycles. The van der Waals surface area contributed by atoms with Gasteiger partial charge < -0.3 is 14.4 Å². The number of aromatic nitrogens is 1. The molecule has 1 atom stereocenters. The standard InChI is InChI=1S/C17H26N4O2S/c1-12-8-14(13(2)19(12)3)9-16(22)20-4-6-21(7-5-20)17(23)15-10-24-11-18-15/h8,15,18H,4-7,9-11H2,1-3H3. The molecule has 6 nitrogen and oxygen atoms in total. The molecule has 0 aliphatic carbocycles. The van der Waals surface area contributed by atoms with Gasteiger partial charge in [-0.3, -0.25) is 14.9 Å². The third kappa shape index (κ3) is 3.47. The normalized spacial score (nSPS) is 21.4. The first-order valence-electron chi connectivity index (χ1n) is 8.47. The summed E-state index contributed by atoms with van der Waals surface area (Å²) in [6.45, 7) is 6.66. The van der Waals surface area contributed by atoms with Gasteiger partial charge in [0.05, 0.1) is 12.5 Å². The van der Waals surface area contributed by atoms with E-state index in [1.807, 2.05) is 16.8 Å². The predicted molar refractivity (Wildman–Crippen MR) is 96.0 cm³/mol. The molecule has 1 N–H and O–H groups in total. The summed E-state index contributed by atoms with van der Waals surface area (Å²) in [4.78, 5) is 28.8. The Morgan fingerprint density at radius 2 is 1.88 bits per heavy atom. The number of amides is 2. The highest BCUT2D eigenvalue weighted by Gasteiger charge is 2.30. The fraction of sp³-hybridized carbons (Fsp3) is 0.647. The minimum atomic E-state index is -0.0489. The van der Waals surface area contributed by atoms with Gasteiger partial charge in [-0.2, -0.15) is 0 Å². The first-order chi connectivity index (χ1) is 11.5. The number of carbonyl (C=O) groups is 2. The van der Waals surface area contributed by atoms with E-state index in [9.17, 15) is 9.59 Å². The average molecular weight is 350 g/mol. The maximum Gasteiger partial charge on any atom is 0.240 e. The number of rotatable bonds is 3. The molecule has 2 saturated heterocycles. The van der Waals surface area contributed by atoms with Gasteiger partial charge in [-0.15, -0.1) is 11.8 Å². The Hall–Kier alpha value is -1.47. The van der Waals surface area contributed by atoms with Crippen molar-refractivity contribution in [3.8, 4) is 0 Å². The van der Waals surface area contributed by atoms with E-state index < -0.39 is 0 Å². The number of nitrogens with zero attached hydrogens (tertiary/aromatic N) is 3. The number of hydrogen-bond donors (Lipinski definition) is 1. The fourth-order valence-electron chi connectivity index (χ4n) is 3.34. The van der Waals surface area contributed by atoms with Crippen molar-refractivity contribution >= 4 is 23.6 Å². The number of piperazine rings is 1. The lowest BCUT2D eigenvalue weighted by atomic mass is 10.1. The van der Waals surface area contributed by atoms with Crippen LogP contribution in [0.2, 0.25) is 0 Å². The second-order valence-corrected chi connectivity index (χ2v) is 7.64. The van der Waals surface area contributed by atoms with E-state index in [0.29, 0.717) is 32.6 Å². The van der Waals surface area contributed by atoms with Crippen LogP contribution in [-0.4, -0.2) is 70.0 Å². The average Bonchev–Trinajstić information content (AvgIpc) is 3.20. The largest absolute Gasteiger partial charge is 0.352 e. The SMILES string of the molecule is Cc1cc(CC(=O)N2CCN(C(=O)C3CSCN3)CC2)c(C)n1C. The van der Waals surface area contributed by atoms with Crippen molar-refractivity contribution in [1.29, 1.82) is 0 Å². The Morgan fingerprint density at radius 1 is 1.21 bits per heavy atom. The molecule has 0 radical (unpaired) electrons. The van der Waals surface area contributed by atoms with E-state index in [1.165, 1.54) is 5.69 Å². The van der Waals surface area contributed by atoms with Crippen LogP contribution in [0.25, 0.3) is 0 Å². The van der Waals surface area contributed by atoms with Gasteiger partial charge in [-0.25, -0.2) is 0 Å². The minimum absolute atomic E-state index is 0.0489. The van der Waals surface area contributed by atoms with Gasteiger partial charge in [0.25, 0.3) is 0 Å². The number of aryl methyl sites for hydroxylation is 1. The molecular formula is C17H26N4O2S. The zero-order valence-corrected chi connectivity index (χ0v) is 15.5. The smallest absolute Gasteiger partial charge is 0.240 e. The highest BCUT2D eigenvalue weighted by molar-refractivity contribution is 7.99. The van der Waals surface area contributed by atoms with Gasteiger partial charge in [-0.1, -0.05) is 0 Å². The molecule has 3 rings (SSSR count). The molecule has 2 amide bonds. The summed E-state index contributed by atoms with van der Waals surface area (Å²) in [6, 6.07) is 2.04. The maximum absolute atomic E-state index is 12.6. The van der Waals surface area contributed by atoms with Gasteiger partial charge >= 0.3 is 0 Å². The first-order valence-corrected chi connectivity index (χ1v) is 9.62. The van der Waals surface area contributed by atoms with E-state index in [0.717, 1.165) is 22.9 Å². The Kier molecular flexibility index (Phi) is 5.20. The van der Waals surface area contributed by atoms with E-state index in [1.54, 1.807) is 11.8 Å². The van der Waals surface area contributed by atoms with Crippen molar-refractivity contribution in [2.75, 3.05) is 37.8 Å². The van der Waals surface area contributed by atoms with Gasteiger partial charge in [0.2, 0.25) is 11.8 Å². The molecule has 24 heavy (non-hydrogen) atoms. The molecule has 1 unspecified atom stereocenters. The quantitative estimate of drug-likeness (QED) is 0.863. The zero-order valence-electron chi connectivity index (χ0n) is 14.7. The van der Waals surface area contributed by atoms with Crippen molar-refractivity contribution < 1.29 is 9.59 Å². The molecule has 7 heteroatoms. The summed E-state index contributed by atoms with van der Waals surface area (Å²) in [5.74, 6) is 2.04. The molecule has 2 aliphatic heterocycles. The topological polar surface area (TPSA) is 57.6 Å². The maximum atomic E-state index is 12.6. The van der Waals surface area contributed by atoms with E-state index in [-0.39, 0.29) is 17.9 Å². The van der Waals surface area contributed by atoms with Crippen LogP contribution in [0.5, 0.6) is 0 Å². The highest BCUT2D eigenvalue weighted by Crippen LogP contribution is 2.16. The summed E-state index contributed by atoms with van der Waals surface area (Å²) in [7, 11) is 2.03. The minimum Gasteiger partial charge on any atom is -0.352 e. The van der Waals surface area contributed by atoms with Gasteiger partial charge in [0.1, 0.15) is 0 Å². The molecule has 0 spiro atoms. The predicted octanol–water partition coefficient (Wildman–Crippen LogP) is 0.518. The summed E-state index contributed by atoms with van der Waals surface area (Å²) in [5.41, 5.74) is 3.43. The zero-order chi connectivity index (χ0) is 17.3. The molecule has 0 bridgehead atoms. The van der Waals surface area contributed by atoms with Crippen LogP contribution in [0.3, 0.4) is 0 Å². The third-order valence-electron chi connectivity index (χ3n) is 5.18. The van der Waals surface area contributed by atoms with Crippen LogP contribution < -0.4 is 5.32 Å². The van der Waals surface area contributed by atoms with Crippen LogP contribution in [0, 0.1) is 13.8 Å². The lowest BCUT2D eigenvalue weighted by molar-refractivity contribution is -0.140. The number of carbonyl (C=O) groups excluding carboxylic acids is 2. The van der Waals surface area contributed by atoms with Crippen LogP contribution in [-0.2, 0) is 23.1 Å². The molecule has 2 aliphatic rings. The highest BCUT2D eigenvalue weighted by atomic mass is 32.2. The van der Waals surface area contributed by atoms with E-state index >= 15 is 0 Å². The summed E-state index contributed by atoms with van der Waals surface area (Å²) >= 11 is 1.76. The van der Waals surface area contributed by atoms with Crippen LogP contribution in [0.15, 0.2) is 6.07 Å². The summed E-state index contributed by atoms with van der Waals surface area (Å²) in [6.07, 6.45) is 0.447. The lowest BCUT2D eigenvalue weighted by Gasteiger charge is -2.36. The number of nitrogens with one attached hydrogen (secondary N) is 1. The fourth-order valence-corrected chi connectivity index (χ4v) is 4.27. The van der Waals surface area contributed by atoms with Crippen LogP contribution in [0.1, 0.15) is 17.0 Å². The van der Waals surface area contributed by atoms with Crippen molar-refractivity contribution in [3.05, 3.63) is 23.0 Å². The second kappa shape index (κ2) is 7.19. The Morgan fingerprint density at radius 3 is 2.42 bits per heavy atom. The van der Waals surface area contributed by atoms with E-state index in [4.69, 9.17) is 0 Å². The third-order valence-corrected chi connectivity index (χ3v) is 6.12. The first kappa shape index (κ1) is 17.4. The van der Waals surface area contributed by atoms with Crippen LogP contribution in [0.4, 0.5) is 0 Å². The number of thioether (sulfide) groups is 1. The molecule has 1 aromatic rings. The summed E-state index contributed by atoms with van der Waals surface area (Å²) in [5, 5.41) is 3.22. The molecule has 2 fully saturated rings. The molecular weight excluding hydrogens is 324 g/mol. The van der Waals surface area contributed by atoms with Crippen molar-refractivity contribution in [2.45, 2.75) is 26.3 Å². The second-order valence-electron chi connectivity index (χ2n) is 6.61. The monoisotopic (exact) mass is 350 g/mol. The van der Waals surface area contributed by atoms with Crippen molar-refractivity contribution in [1.82, 2.24) is 19.7 Å². The Labute approximate surface area is 147 Å². The lowest BCUT2D eigenvalue weighted by Crippen LogP contribution is -2.54. The molecule has 3 heterocycles. The van der Waals surface area contributed by atoms with Crippen molar-refractivity contribution in [2.24, 2.45) is 7.05 Å². The molecule has 0 aromatic carbocycles. The van der Waals surface area contributed by atoms with Gasteiger partial charge in [-0.05, 0) is 25.5 Å². The Bertz CT molecular complexity index is 629. The Balaban J connectivity index is 1.53. The molecule has 132 valence electrons. The van der Waals surface area contributed by atoms with Crippen LogP contribution >= 0.6 is 11.8 Å². The summed E-state index contributed by atoms with van der Waals surface area (Å²) < 4.78 is 2.12. The van der Waals surface area contributed by atoms with E-state index in [2.05, 4.69) is 29.8 Å². The van der Waals surface area contributed by atoms with Gasteiger partial charge in [0.15, 0.2) is 0 Å². The van der Waals surface area contributed by atoms with Crippen molar-refractivity contribution in [3.63, 3.8) is 0 Å².